The Hall–Kier alpha value is -1.95. The van der Waals surface area contributed by atoms with E-state index in [2.05, 4.69) is 5.32 Å². The summed E-state index contributed by atoms with van der Waals surface area (Å²) >= 11 is 0. The van der Waals surface area contributed by atoms with Crippen LogP contribution in [-0.4, -0.2) is 32.5 Å². The Morgan fingerprint density at radius 1 is 1.40 bits per heavy atom. The molecule has 1 aliphatic rings. The molecule has 1 heterocycles. The van der Waals surface area contributed by atoms with Crippen molar-refractivity contribution in [2.75, 3.05) is 20.4 Å². The predicted octanol–water partition coefficient (Wildman–Crippen LogP) is 1.47. The van der Waals surface area contributed by atoms with Gasteiger partial charge < -0.3 is 24.3 Å². The van der Waals surface area contributed by atoms with Crippen molar-refractivity contribution >= 4 is 5.97 Å². The maximum absolute atomic E-state index is 11.6. The molecule has 0 amide bonds. The van der Waals surface area contributed by atoms with Crippen LogP contribution in [0.5, 0.6) is 17.2 Å². The number of esters is 1. The van der Waals surface area contributed by atoms with Crippen LogP contribution < -0.4 is 19.5 Å². The zero-order valence-electron chi connectivity index (χ0n) is 11.9. The maximum atomic E-state index is 11.6. The lowest BCUT2D eigenvalue weighted by Gasteiger charge is -2.17. The molecule has 0 aliphatic carbocycles. The quantitative estimate of drug-likeness (QED) is 0.796. The minimum atomic E-state index is -0.675. The number of hydrogen-bond donors (Lipinski definition) is 1. The first-order valence-electron chi connectivity index (χ1n) is 6.56. The Morgan fingerprint density at radius 2 is 2.10 bits per heavy atom. The minimum absolute atomic E-state index is 0.200. The van der Waals surface area contributed by atoms with Crippen LogP contribution in [0.3, 0.4) is 0 Å². The summed E-state index contributed by atoms with van der Waals surface area (Å²) in [5.74, 6) is 1.51. The predicted molar refractivity (Wildman–Crippen MR) is 72.1 cm³/mol. The monoisotopic (exact) mass is 281 g/mol. The first-order chi connectivity index (χ1) is 9.65. The Balaban J connectivity index is 2.19. The average molecular weight is 281 g/mol. The second-order valence-corrected chi connectivity index (χ2v) is 4.36. The van der Waals surface area contributed by atoms with E-state index in [9.17, 15) is 4.79 Å². The lowest BCUT2D eigenvalue weighted by molar-refractivity contribution is -0.150. The molecule has 0 fully saturated rings. The molecule has 0 spiro atoms. The number of carbonyl (C=O) groups is 1. The molecule has 0 saturated heterocycles. The molecule has 1 atom stereocenters. The Bertz CT molecular complexity index is 489. The van der Waals surface area contributed by atoms with Crippen molar-refractivity contribution < 1.29 is 23.7 Å². The van der Waals surface area contributed by atoms with Gasteiger partial charge in [0.15, 0.2) is 17.6 Å². The summed E-state index contributed by atoms with van der Waals surface area (Å²) in [6.07, 6.45) is -0.675. The van der Waals surface area contributed by atoms with Gasteiger partial charge in [-0.1, -0.05) is 0 Å². The van der Waals surface area contributed by atoms with Gasteiger partial charge in [0, 0.05) is 18.2 Å². The first-order valence-corrected chi connectivity index (χ1v) is 6.56. The largest absolute Gasteiger partial charge is 0.479 e. The van der Waals surface area contributed by atoms with Crippen LogP contribution in [0.4, 0.5) is 0 Å². The topological polar surface area (TPSA) is 66.0 Å². The van der Waals surface area contributed by atoms with Gasteiger partial charge >= 0.3 is 5.97 Å². The molecular formula is C14H19NO5. The van der Waals surface area contributed by atoms with Gasteiger partial charge in [-0.05, 0) is 27.0 Å². The molecule has 0 aromatic heterocycles. The zero-order valence-corrected chi connectivity index (χ0v) is 11.9. The average Bonchev–Trinajstić information content (AvgIpc) is 2.86. The molecule has 1 aromatic carbocycles. The van der Waals surface area contributed by atoms with Gasteiger partial charge in [0.05, 0.1) is 6.61 Å². The number of carbonyl (C=O) groups excluding carboxylic acids is 1. The smallest absolute Gasteiger partial charge is 0.347 e. The lowest BCUT2D eigenvalue weighted by Crippen LogP contribution is -2.26. The van der Waals surface area contributed by atoms with E-state index in [0.717, 1.165) is 5.56 Å². The number of benzene rings is 1. The Kier molecular flexibility index (Phi) is 4.68. The van der Waals surface area contributed by atoms with Crippen LogP contribution in [0.2, 0.25) is 0 Å². The summed E-state index contributed by atoms with van der Waals surface area (Å²) in [6, 6.07) is 3.59. The molecule has 6 nitrogen and oxygen atoms in total. The summed E-state index contributed by atoms with van der Waals surface area (Å²) in [5, 5.41) is 3.05. The molecule has 0 bridgehead atoms. The van der Waals surface area contributed by atoms with Gasteiger partial charge in [0.1, 0.15) is 5.75 Å². The van der Waals surface area contributed by atoms with E-state index in [-0.39, 0.29) is 12.8 Å². The van der Waals surface area contributed by atoms with Crippen LogP contribution in [0, 0.1) is 0 Å². The highest BCUT2D eigenvalue weighted by molar-refractivity contribution is 5.74. The Labute approximate surface area is 118 Å². The second kappa shape index (κ2) is 6.47. The zero-order chi connectivity index (χ0) is 14.5. The first kappa shape index (κ1) is 14.5. The molecule has 20 heavy (non-hydrogen) atoms. The molecule has 110 valence electrons. The highest BCUT2D eigenvalue weighted by atomic mass is 16.7. The highest BCUT2D eigenvalue weighted by Crippen LogP contribution is 2.38. The molecular weight excluding hydrogens is 262 g/mol. The third kappa shape index (κ3) is 3.14. The van der Waals surface area contributed by atoms with E-state index in [1.54, 1.807) is 19.9 Å². The van der Waals surface area contributed by atoms with Crippen molar-refractivity contribution in [2.24, 2.45) is 0 Å². The SMILES string of the molecule is CCOC(=O)C(C)Oc1cc2c(cc1CNC)OCO2. The van der Waals surface area contributed by atoms with Gasteiger partial charge in [-0.25, -0.2) is 4.79 Å². The molecule has 1 aliphatic heterocycles. The van der Waals surface area contributed by atoms with Crippen LogP contribution in [-0.2, 0) is 16.1 Å². The van der Waals surface area contributed by atoms with Crippen molar-refractivity contribution in [1.82, 2.24) is 5.32 Å². The fraction of sp³-hybridized carbons (Fsp3) is 0.500. The Morgan fingerprint density at radius 3 is 2.75 bits per heavy atom. The van der Waals surface area contributed by atoms with Crippen LogP contribution in [0.15, 0.2) is 12.1 Å². The highest BCUT2D eigenvalue weighted by Gasteiger charge is 2.21. The van der Waals surface area contributed by atoms with Crippen LogP contribution >= 0.6 is 0 Å². The van der Waals surface area contributed by atoms with E-state index in [1.165, 1.54) is 0 Å². The number of fused-ring (bicyclic) bond motifs is 1. The van der Waals surface area contributed by atoms with Gasteiger partial charge in [-0.2, -0.15) is 0 Å². The standard InChI is InChI=1S/C14H19NO5/c1-4-17-14(16)9(2)20-11-6-13-12(18-8-19-13)5-10(11)7-15-3/h5-6,9,15H,4,7-8H2,1-3H3. The number of ether oxygens (including phenoxy) is 4. The summed E-state index contributed by atoms with van der Waals surface area (Å²) in [5.41, 5.74) is 0.896. The van der Waals surface area contributed by atoms with E-state index < -0.39 is 6.10 Å². The summed E-state index contributed by atoms with van der Waals surface area (Å²) in [4.78, 5) is 11.6. The van der Waals surface area contributed by atoms with Crippen molar-refractivity contribution in [1.29, 1.82) is 0 Å². The third-order valence-electron chi connectivity index (χ3n) is 2.85. The molecule has 6 heteroatoms. The second-order valence-electron chi connectivity index (χ2n) is 4.36. The fourth-order valence-electron chi connectivity index (χ4n) is 1.90. The van der Waals surface area contributed by atoms with Crippen molar-refractivity contribution in [2.45, 2.75) is 26.5 Å². The molecule has 2 rings (SSSR count). The summed E-state index contributed by atoms with van der Waals surface area (Å²) < 4.78 is 21.3. The van der Waals surface area contributed by atoms with E-state index in [0.29, 0.717) is 30.4 Å². The van der Waals surface area contributed by atoms with Gasteiger partial charge in [-0.3, -0.25) is 0 Å². The van der Waals surface area contributed by atoms with Crippen molar-refractivity contribution in [3.05, 3.63) is 17.7 Å². The van der Waals surface area contributed by atoms with Crippen molar-refractivity contribution in [3.63, 3.8) is 0 Å². The molecule has 0 saturated carbocycles. The molecule has 1 unspecified atom stereocenters. The van der Waals surface area contributed by atoms with E-state index >= 15 is 0 Å². The summed E-state index contributed by atoms with van der Waals surface area (Å²) in [7, 11) is 1.84. The van der Waals surface area contributed by atoms with E-state index in [4.69, 9.17) is 18.9 Å². The maximum Gasteiger partial charge on any atom is 0.347 e. The minimum Gasteiger partial charge on any atom is -0.479 e. The van der Waals surface area contributed by atoms with Gasteiger partial charge in [0.25, 0.3) is 0 Å². The van der Waals surface area contributed by atoms with Crippen LogP contribution in [0.1, 0.15) is 19.4 Å². The van der Waals surface area contributed by atoms with Crippen molar-refractivity contribution in [3.8, 4) is 17.2 Å². The fourth-order valence-corrected chi connectivity index (χ4v) is 1.90. The number of rotatable bonds is 6. The van der Waals surface area contributed by atoms with Gasteiger partial charge in [0.2, 0.25) is 6.79 Å². The molecule has 1 N–H and O–H groups in total. The third-order valence-corrected chi connectivity index (χ3v) is 2.85. The van der Waals surface area contributed by atoms with Crippen LogP contribution in [0.25, 0.3) is 0 Å². The lowest BCUT2D eigenvalue weighted by atomic mass is 10.1. The number of hydrogen-bond acceptors (Lipinski definition) is 6. The van der Waals surface area contributed by atoms with E-state index in [1.807, 2.05) is 13.1 Å². The normalized spacial score (nSPS) is 13.9. The summed E-state index contributed by atoms with van der Waals surface area (Å²) in [6.45, 7) is 4.55. The molecule has 1 aromatic rings. The number of nitrogens with one attached hydrogen (secondary N) is 1. The molecule has 0 radical (unpaired) electrons. The van der Waals surface area contributed by atoms with Gasteiger partial charge in [-0.15, -0.1) is 0 Å².